The van der Waals surface area contributed by atoms with Crippen LogP contribution >= 0.6 is 11.6 Å². The molecule has 1 saturated heterocycles. The maximum atomic E-state index is 12.1. The number of amides is 1. The lowest BCUT2D eigenvalue weighted by Gasteiger charge is -2.17. The van der Waals surface area contributed by atoms with Gasteiger partial charge in [0.25, 0.3) is 0 Å². The van der Waals surface area contributed by atoms with Crippen LogP contribution in [0.2, 0.25) is 5.02 Å². The second-order valence-corrected chi connectivity index (χ2v) is 5.89. The van der Waals surface area contributed by atoms with Crippen LogP contribution < -0.4 is 10.2 Å². The molecule has 0 radical (unpaired) electrons. The molecule has 1 N–H and O–H groups in total. The van der Waals surface area contributed by atoms with Gasteiger partial charge in [-0.15, -0.1) is 0 Å². The summed E-state index contributed by atoms with van der Waals surface area (Å²) >= 11 is 6.07. The number of anilines is 1. The molecule has 1 aliphatic heterocycles. The summed E-state index contributed by atoms with van der Waals surface area (Å²) in [5.74, 6) is 0.855. The summed E-state index contributed by atoms with van der Waals surface area (Å²) in [6, 6.07) is 13.4. The molecular formula is C18H18ClN3O. The largest absolute Gasteiger partial charge is 0.354 e. The quantitative estimate of drug-likeness (QED) is 0.877. The minimum atomic E-state index is -0.0993. The number of hydrogen-bond acceptors (Lipinski definition) is 3. The molecule has 1 aliphatic rings. The number of nitrogens with one attached hydrogen (secondary N) is 1. The van der Waals surface area contributed by atoms with Crippen molar-refractivity contribution in [2.24, 2.45) is 0 Å². The standard InChI is InChI=1S/C18H18ClN3O/c19-16-6-2-1-5-14(16)8-9-18(23)21-15-10-12-22(13-15)17-7-3-4-11-20-17/h1-9,11,15H,10,12-13H2,(H,21,23)/b9-8+/t15-/m1/s1. The van der Waals surface area contributed by atoms with E-state index in [9.17, 15) is 4.79 Å². The van der Waals surface area contributed by atoms with E-state index in [1.807, 2.05) is 36.4 Å². The van der Waals surface area contributed by atoms with Gasteiger partial charge in [-0.1, -0.05) is 35.9 Å². The van der Waals surface area contributed by atoms with E-state index in [1.165, 1.54) is 6.08 Å². The Kier molecular flexibility index (Phi) is 4.93. The summed E-state index contributed by atoms with van der Waals surface area (Å²) < 4.78 is 0. The summed E-state index contributed by atoms with van der Waals surface area (Å²) in [5, 5.41) is 3.67. The van der Waals surface area contributed by atoms with Gasteiger partial charge >= 0.3 is 0 Å². The number of rotatable bonds is 4. The van der Waals surface area contributed by atoms with Gasteiger partial charge in [0.15, 0.2) is 0 Å². The van der Waals surface area contributed by atoms with E-state index in [2.05, 4.69) is 15.2 Å². The molecule has 1 atom stereocenters. The molecule has 23 heavy (non-hydrogen) atoms. The van der Waals surface area contributed by atoms with Gasteiger partial charge in [0.2, 0.25) is 5.91 Å². The second-order valence-electron chi connectivity index (χ2n) is 5.48. The number of benzene rings is 1. The Labute approximate surface area is 140 Å². The Morgan fingerprint density at radius 3 is 2.87 bits per heavy atom. The number of halogens is 1. The third kappa shape index (κ3) is 4.11. The van der Waals surface area contributed by atoms with E-state index < -0.39 is 0 Å². The van der Waals surface area contributed by atoms with Crippen LogP contribution in [0.5, 0.6) is 0 Å². The first-order valence-corrected chi connectivity index (χ1v) is 7.99. The lowest BCUT2D eigenvalue weighted by molar-refractivity contribution is -0.117. The fourth-order valence-corrected chi connectivity index (χ4v) is 2.85. The van der Waals surface area contributed by atoms with Gasteiger partial charge in [-0.3, -0.25) is 4.79 Å². The monoisotopic (exact) mass is 327 g/mol. The molecule has 4 nitrogen and oxygen atoms in total. The maximum Gasteiger partial charge on any atom is 0.244 e. The minimum absolute atomic E-state index is 0.0993. The van der Waals surface area contributed by atoms with E-state index in [-0.39, 0.29) is 11.9 Å². The van der Waals surface area contributed by atoms with Crippen LogP contribution in [-0.4, -0.2) is 30.0 Å². The number of nitrogens with zero attached hydrogens (tertiary/aromatic N) is 2. The molecule has 0 unspecified atom stereocenters. The highest BCUT2D eigenvalue weighted by Crippen LogP contribution is 2.18. The molecule has 0 aliphatic carbocycles. The number of pyridine rings is 1. The van der Waals surface area contributed by atoms with Crippen molar-refractivity contribution in [3.8, 4) is 0 Å². The normalized spacial score (nSPS) is 17.6. The smallest absolute Gasteiger partial charge is 0.244 e. The van der Waals surface area contributed by atoms with Crippen LogP contribution in [0.1, 0.15) is 12.0 Å². The van der Waals surface area contributed by atoms with Crippen LogP contribution in [0.4, 0.5) is 5.82 Å². The predicted octanol–water partition coefficient (Wildman–Crippen LogP) is 3.14. The van der Waals surface area contributed by atoms with Crippen molar-refractivity contribution < 1.29 is 4.79 Å². The SMILES string of the molecule is O=C(/C=C/c1ccccc1Cl)N[C@@H]1CCN(c2ccccn2)C1. The second kappa shape index (κ2) is 7.29. The van der Waals surface area contributed by atoms with Crippen molar-refractivity contribution in [1.29, 1.82) is 0 Å². The molecule has 3 rings (SSSR count). The van der Waals surface area contributed by atoms with Gasteiger partial charge in [0.1, 0.15) is 5.82 Å². The van der Waals surface area contributed by atoms with Gasteiger partial charge in [-0.05, 0) is 36.3 Å². The molecule has 0 bridgehead atoms. The van der Waals surface area contributed by atoms with Gasteiger partial charge in [0, 0.05) is 36.4 Å². The van der Waals surface area contributed by atoms with E-state index in [1.54, 1.807) is 18.3 Å². The van der Waals surface area contributed by atoms with E-state index in [0.717, 1.165) is 30.9 Å². The molecular weight excluding hydrogens is 310 g/mol. The van der Waals surface area contributed by atoms with Crippen molar-refractivity contribution in [1.82, 2.24) is 10.3 Å². The van der Waals surface area contributed by atoms with Crippen molar-refractivity contribution in [2.45, 2.75) is 12.5 Å². The topological polar surface area (TPSA) is 45.2 Å². The van der Waals surface area contributed by atoms with E-state index in [0.29, 0.717) is 5.02 Å². The van der Waals surface area contributed by atoms with Gasteiger partial charge in [-0.2, -0.15) is 0 Å². The molecule has 2 aromatic rings. The molecule has 1 fully saturated rings. The first kappa shape index (κ1) is 15.6. The third-order valence-corrected chi connectivity index (χ3v) is 4.17. The molecule has 0 saturated carbocycles. The zero-order valence-corrected chi connectivity index (χ0v) is 13.4. The lowest BCUT2D eigenvalue weighted by atomic mass is 10.2. The molecule has 1 aromatic heterocycles. The zero-order chi connectivity index (χ0) is 16.1. The Morgan fingerprint density at radius 1 is 1.26 bits per heavy atom. The predicted molar refractivity (Wildman–Crippen MR) is 93.5 cm³/mol. The highest BCUT2D eigenvalue weighted by molar-refractivity contribution is 6.32. The zero-order valence-electron chi connectivity index (χ0n) is 12.7. The Hall–Kier alpha value is -2.33. The number of carbonyl (C=O) groups is 1. The lowest BCUT2D eigenvalue weighted by Crippen LogP contribution is -2.36. The molecule has 1 amide bonds. The molecule has 118 valence electrons. The third-order valence-electron chi connectivity index (χ3n) is 3.83. The Bertz CT molecular complexity index is 702. The summed E-state index contributed by atoms with van der Waals surface area (Å²) in [7, 11) is 0. The number of aromatic nitrogens is 1. The average Bonchev–Trinajstić information content (AvgIpc) is 3.03. The van der Waals surface area contributed by atoms with Crippen LogP contribution in [-0.2, 0) is 4.79 Å². The van der Waals surface area contributed by atoms with Gasteiger partial charge in [-0.25, -0.2) is 4.98 Å². The molecule has 2 heterocycles. The van der Waals surface area contributed by atoms with Crippen molar-refractivity contribution >= 4 is 29.4 Å². The summed E-state index contributed by atoms with van der Waals surface area (Å²) in [5.41, 5.74) is 0.839. The van der Waals surface area contributed by atoms with Crippen LogP contribution in [0.3, 0.4) is 0 Å². The summed E-state index contributed by atoms with van der Waals surface area (Å²) in [4.78, 5) is 18.6. The van der Waals surface area contributed by atoms with Crippen LogP contribution in [0.25, 0.3) is 6.08 Å². The average molecular weight is 328 g/mol. The highest BCUT2D eigenvalue weighted by Gasteiger charge is 2.23. The fraction of sp³-hybridized carbons (Fsp3) is 0.222. The van der Waals surface area contributed by atoms with Crippen molar-refractivity contribution in [3.63, 3.8) is 0 Å². The molecule has 0 spiro atoms. The fourth-order valence-electron chi connectivity index (χ4n) is 2.65. The van der Waals surface area contributed by atoms with Crippen LogP contribution in [0.15, 0.2) is 54.7 Å². The maximum absolute atomic E-state index is 12.1. The van der Waals surface area contributed by atoms with Crippen molar-refractivity contribution in [2.75, 3.05) is 18.0 Å². The van der Waals surface area contributed by atoms with Crippen molar-refractivity contribution in [3.05, 3.63) is 65.3 Å². The first-order valence-electron chi connectivity index (χ1n) is 7.61. The first-order chi connectivity index (χ1) is 11.2. The van der Waals surface area contributed by atoms with E-state index in [4.69, 9.17) is 11.6 Å². The summed E-state index contributed by atoms with van der Waals surface area (Å²) in [6.07, 6.45) is 5.98. The number of hydrogen-bond donors (Lipinski definition) is 1. The van der Waals surface area contributed by atoms with Gasteiger partial charge < -0.3 is 10.2 Å². The molecule has 1 aromatic carbocycles. The van der Waals surface area contributed by atoms with E-state index >= 15 is 0 Å². The Balaban J connectivity index is 1.54. The Morgan fingerprint density at radius 2 is 2.09 bits per heavy atom. The molecule has 5 heteroatoms. The minimum Gasteiger partial charge on any atom is -0.354 e. The van der Waals surface area contributed by atoms with Crippen LogP contribution in [0, 0.1) is 0 Å². The van der Waals surface area contributed by atoms with Gasteiger partial charge in [0.05, 0.1) is 0 Å². The highest BCUT2D eigenvalue weighted by atomic mass is 35.5. The summed E-state index contributed by atoms with van der Waals surface area (Å²) in [6.45, 7) is 1.68. The number of carbonyl (C=O) groups excluding carboxylic acids is 1.